The minimum Gasteiger partial charge on any atom is -0.480 e. The third kappa shape index (κ3) is 22.7. The Bertz CT molecular complexity index is 893. The molecule has 0 aliphatic rings. The maximum absolute atomic E-state index is 12.6. The van der Waals surface area contributed by atoms with Crippen molar-refractivity contribution in [1.82, 2.24) is 30.9 Å². The van der Waals surface area contributed by atoms with Crippen LogP contribution in [0.15, 0.2) is 0 Å². The lowest BCUT2D eigenvalue weighted by Crippen LogP contribution is -2.49. The van der Waals surface area contributed by atoms with Crippen LogP contribution in [0.25, 0.3) is 0 Å². The Kier molecular flexibility index (Phi) is 20.6. The fourth-order valence-corrected chi connectivity index (χ4v) is 4.00. The predicted octanol–water partition coefficient (Wildman–Crippen LogP) is -2.57. The number of carboxylic acid groups (broad SMARTS) is 4. The molecule has 18 nitrogen and oxygen atoms in total. The highest BCUT2D eigenvalue weighted by atomic mass is 16.4. The number of unbranched alkanes of at least 4 members (excludes halogenated alkanes) is 2. The van der Waals surface area contributed by atoms with Crippen molar-refractivity contribution in [3.63, 3.8) is 0 Å². The van der Waals surface area contributed by atoms with Gasteiger partial charge in [0.15, 0.2) is 0 Å². The molecule has 0 aromatic heterocycles. The molecule has 0 radical (unpaired) electrons. The first-order valence-corrected chi connectivity index (χ1v) is 14.2. The Morgan fingerprint density at radius 3 is 1.50 bits per heavy atom. The van der Waals surface area contributed by atoms with E-state index in [4.69, 9.17) is 26.2 Å². The van der Waals surface area contributed by atoms with Crippen LogP contribution in [0, 0.1) is 5.92 Å². The quantitative estimate of drug-likeness (QED) is 0.0379. The highest BCUT2D eigenvalue weighted by molar-refractivity contribution is 5.85. The molecule has 0 unspecified atom stereocenters. The summed E-state index contributed by atoms with van der Waals surface area (Å²) < 4.78 is 0. The second-order valence-corrected chi connectivity index (χ2v) is 10.7. The molecular weight excluding hydrogens is 586 g/mol. The first-order chi connectivity index (χ1) is 20.6. The van der Waals surface area contributed by atoms with Gasteiger partial charge < -0.3 is 31.5 Å². The van der Waals surface area contributed by atoms with E-state index in [9.17, 15) is 33.6 Å². The average molecular weight is 634 g/mol. The fraction of sp³-hybridized carbons (Fsp3) is 0.731. The monoisotopic (exact) mass is 633 g/mol. The van der Waals surface area contributed by atoms with Gasteiger partial charge in [-0.15, -0.1) is 0 Å². The second-order valence-electron chi connectivity index (χ2n) is 10.7. The normalized spacial score (nSPS) is 11.9. The molecule has 252 valence electrons. The van der Waals surface area contributed by atoms with Crippen LogP contribution in [0.4, 0.5) is 0 Å². The van der Waals surface area contributed by atoms with E-state index >= 15 is 0 Å². The molecule has 3 amide bonds. The molecule has 0 saturated carbocycles. The third-order valence-corrected chi connectivity index (χ3v) is 6.06. The van der Waals surface area contributed by atoms with Crippen molar-refractivity contribution in [2.75, 3.05) is 65.4 Å². The lowest BCUT2D eigenvalue weighted by Gasteiger charge is -2.28. The molecule has 0 aromatic carbocycles. The minimum absolute atomic E-state index is 0.0318. The van der Waals surface area contributed by atoms with E-state index in [0.29, 0.717) is 25.7 Å². The van der Waals surface area contributed by atoms with Gasteiger partial charge in [-0.3, -0.25) is 59.1 Å². The maximum atomic E-state index is 12.6. The molecule has 0 heterocycles. The summed E-state index contributed by atoms with van der Waals surface area (Å²) in [6, 6.07) is -0.725. The molecule has 0 spiro atoms. The summed E-state index contributed by atoms with van der Waals surface area (Å²) in [5.74, 6) is -5.99. The molecule has 1 atom stereocenters. The SMILES string of the molecule is CC(C)C[C@H](N)C(=O)NNC(=O)CCCCCNC(=O)CN(CCN(CC(=O)O)CC(=O)O)CCN(CC(=O)O)CC(=O)O. The first kappa shape index (κ1) is 40.1. The van der Waals surface area contributed by atoms with Crippen molar-refractivity contribution in [2.24, 2.45) is 11.7 Å². The molecule has 18 heteroatoms. The number of aliphatic carboxylic acids is 4. The molecule has 44 heavy (non-hydrogen) atoms. The molecule has 0 aliphatic heterocycles. The van der Waals surface area contributed by atoms with Crippen LogP contribution in [-0.2, 0) is 33.6 Å². The topological polar surface area (TPSA) is 272 Å². The lowest BCUT2D eigenvalue weighted by atomic mass is 10.0. The van der Waals surface area contributed by atoms with Crippen LogP contribution in [0.1, 0.15) is 46.0 Å². The number of nitrogens with one attached hydrogen (secondary N) is 3. The van der Waals surface area contributed by atoms with Crippen molar-refractivity contribution in [2.45, 2.75) is 52.0 Å². The Morgan fingerprint density at radius 2 is 1.07 bits per heavy atom. The van der Waals surface area contributed by atoms with Gasteiger partial charge in [0.25, 0.3) is 5.91 Å². The Hall–Kier alpha value is -3.87. The summed E-state index contributed by atoms with van der Waals surface area (Å²) >= 11 is 0. The Balaban J connectivity index is 4.80. The van der Waals surface area contributed by atoms with Gasteiger partial charge in [0.1, 0.15) is 0 Å². The molecule has 9 N–H and O–H groups in total. The van der Waals surface area contributed by atoms with Gasteiger partial charge in [0.2, 0.25) is 11.8 Å². The number of hydrogen-bond acceptors (Lipinski definition) is 11. The number of nitrogens with zero attached hydrogens (tertiary/aromatic N) is 3. The number of amides is 3. The summed E-state index contributed by atoms with van der Waals surface area (Å²) in [5, 5.41) is 39.0. The Morgan fingerprint density at radius 1 is 0.614 bits per heavy atom. The van der Waals surface area contributed by atoms with E-state index < -0.39 is 67.9 Å². The van der Waals surface area contributed by atoms with Gasteiger partial charge in [-0.05, 0) is 25.2 Å². The van der Waals surface area contributed by atoms with Gasteiger partial charge >= 0.3 is 23.9 Å². The van der Waals surface area contributed by atoms with Gasteiger partial charge in [-0.25, -0.2) is 0 Å². The highest BCUT2D eigenvalue weighted by Gasteiger charge is 2.20. The molecule has 0 aliphatic carbocycles. The number of rotatable bonds is 25. The molecule has 0 fully saturated rings. The van der Waals surface area contributed by atoms with Crippen LogP contribution in [0.3, 0.4) is 0 Å². The van der Waals surface area contributed by atoms with E-state index in [1.807, 2.05) is 13.8 Å². The standard InChI is InChI=1S/C26H47N7O11/c1-18(2)12-19(27)26(44)30-29-20(34)6-4-3-5-7-28-21(35)13-31(8-10-32(14-22(36)37)15-23(38)39)9-11-33(16-24(40)41)17-25(42)43/h18-19H,3-17,27H2,1-2H3,(H,28,35)(H,29,34)(H,30,44)(H,36,37)(H,38,39)(H,40,41)(H,42,43)/t19-/m0/s1. The van der Waals surface area contributed by atoms with Crippen LogP contribution >= 0.6 is 0 Å². The van der Waals surface area contributed by atoms with Crippen LogP contribution < -0.4 is 21.9 Å². The number of carbonyl (C=O) groups excluding carboxylic acids is 3. The van der Waals surface area contributed by atoms with E-state index in [2.05, 4.69) is 16.2 Å². The van der Waals surface area contributed by atoms with E-state index in [0.717, 1.165) is 9.80 Å². The zero-order valence-electron chi connectivity index (χ0n) is 25.3. The number of nitrogens with two attached hydrogens (primary N) is 1. The van der Waals surface area contributed by atoms with Crippen molar-refractivity contribution >= 4 is 41.6 Å². The van der Waals surface area contributed by atoms with Crippen LogP contribution in [0.5, 0.6) is 0 Å². The number of hydrogen-bond donors (Lipinski definition) is 8. The van der Waals surface area contributed by atoms with Crippen molar-refractivity contribution in [1.29, 1.82) is 0 Å². The highest BCUT2D eigenvalue weighted by Crippen LogP contribution is 2.03. The lowest BCUT2D eigenvalue weighted by molar-refractivity contribution is -0.143. The second kappa shape index (κ2) is 22.6. The maximum Gasteiger partial charge on any atom is 0.317 e. The third-order valence-electron chi connectivity index (χ3n) is 6.06. The molecule has 0 bridgehead atoms. The van der Waals surface area contributed by atoms with Crippen LogP contribution in [0.2, 0.25) is 0 Å². The molecule has 0 saturated heterocycles. The van der Waals surface area contributed by atoms with Crippen molar-refractivity contribution in [3.05, 3.63) is 0 Å². The first-order valence-electron chi connectivity index (χ1n) is 14.2. The fourth-order valence-electron chi connectivity index (χ4n) is 4.00. The number of hydrazine groups is 1. The smallest absolute Gasteiger partial charge is 0.317 e. The van der Waals surface area contributed by atoms with Gasteiger partial charge in [-0.2, -0.15) is 0 Å². The minimum atomic E-state index is -1.24. The predicted molar refractivity (Wildman–Crippen MR) is 155 cm³/mol. The van der Waals surface area contributed by atoms with E-state index in [1.165, 1.54) is 0 Å². The molecule has 0 rings (SSSR count). The zero-order chi connectivity index (χ0) is 33.7. The zero-order valence-corrected chi connectivity index (χ0v) is 25.3. The van der Waals surface area contributed by atoms with Gasteiger partial charge in [-0.1, -0.05) is 20.3 Å². The summed E-state index contributed by atoms with van der Waals surface area (Å²) in [5.41, 5.74) is 10.4. The summed E-state index contributed by atoms with van der Waals surface area (Å²) in [6.45, 7) is 1.78. The molecule has 0 aromatic rings. The average Bonchev–Trinajstić information content (AvgIpc) is 2.88. The number of carbonyl (C=O) groups is 7. The largest absolute Gasteiger partial charge is 0.480 e. The summed E-state index contributed by atoms with van der Waals surface area (Å²) in [4.78, 5) is 84.7. The van der Waals surface area contributed by atoms with Crippen LogP contribution in [-0.4, -0.2) is 148 Å². The van der Waals surface area contributed by atoms with Gasteiger partial charge in [0.05, 0.1) is 38.8 Å². The van der Waals surface area contributed by atoms with Crippen molar-refractivity contribution in [3.8, 4) is 0 Å². The summed E-state index contributed by atoms with van der Waals surface area (Å²) in [6.07, 6.45) is 2.26. The van der Waals surface area contributed by atoms with E-state index in [-0.39, 0.29) is 57.5 Å². The number of carboxylic acids is 4. The molecular formula is C26H47N7O11. The summed E-state index contributed by atoms with van der Waals surface area (Å²) in [7, 11) is 0. The Labute approximate surface area is 255 Å². The van der Waals surface area contributed by atoms with E-state index in [1.54, 1.807) is 4.90 Å². The van der Waals surface area contributed by atoms with Crippen molar-refractivity contribution < 1.29 is 54.0 Å². The van der Waals surface area contributed by atoms with Gasteiger partial charge in [0, 0.05) is 39.1 Å².